The Morgan fingerprint density at radius 2 is 2.00 bits per heavy atom. The molecule has 1 heterocycles. The predicted molar refractivity (Wildman–Crippen MR) is 60.1 cm³/mol. The van der Waals surface area contributed by atoms with Crippen molar-refractivity contribution in [1.82, 2.24) is 4.90 Å². The number of carboxylic acids is 1. The summed E-state index contributed by atoms with van der Waals surface area (Å²) in [5.74, 6) is -0.476. The molecule has 0 amide bonds. The quantitative estimate of drug-likeness (QED) is 0.668. The molecule has 1 saturated heterocycles. The number of aliphatic carboxylic acids is 1. The summed E-state index contributed by atoms with van der Waals surface area (Å²) in [6.07, 6.45) is 3.75. The van der Waals surface area contributed by atoms with Crippen LogP contribution in [0.4, 0.5) is 0 Å². The molecule has 1 aliphatic rings. The van der Waals surface area contributed by atoms with E-state index in [4.69, 9.17) is 12.2 Å². The Balaban J connectivity index is 2.16. The fourth-order valence-corrected chi connectivity index (χ4v) is 2.63. The Hall–Kier alpha value is -0.290. The normalized spacial score (nSPS) is 16.7. The second-order valence-corrected chi connectivity index (χ2v) is 5.01. The lowest BCUT2D eigenvalue weighted by Gasteiger charge is -2.28. The van der Waals surface area contributed by atoms with E-state index >= 15 is 0 Å². The summed E-state index contributed by atoms with van der Waals surface area (Å²) in [5.41, 5.74) is 0. The van der Waals surface area contributed by atoms with Crippen molar-refractivity contribution in [3.63, 3.8) is 0 Å². The lowest BCUT2D eigenvalue weighted by molar-refractivity contribution is -0.305. The number of piperidine rings is 1. The highest BCUT2D eigenvalue weighted by Gasteiger charge is 2.12. The molecular weight excluding hydrogens is 218 g/mol. The lowest BCUT2D eigenvalue weighted by atomic mass is 10.1. The van der Waals surface area contributed by atoms with Crippen LogP contribution in [-0.4, -0.2) is 34.0 Å². The third-order valence-corrected chi connectivity index (χ3v) is 3.67. The molecule has 0 radical (unpaired) electrons. The molecule has 5 heteroatoms. The van der Waals surface area contributed by atoms with Gasteiger partial charge in [0.15, 0.2) is 0 Å². The molecule has 3 nitrogen and oxygen atoms in total. The van der Waals surface area contributed by atoms with Crippen molar-refractivity contribution >= 4 is 34.3 Å². The molecule has 0 spiro atoms. The van der Waals surface area contributed by atoms with Gasteiger partial charge in [0.2, 0.25) is 0 Å². The summed E-state index contributed by atoms with van der Waals surface area (Å²) >= 11 is 6.65. The van der Waals surface area contributed by atoms with Gasteiger partial charge in [-0.2, -0.15) is 0 Å². The minimum atomic E-state index is -1.00. The highest BCUT2D eigenvalue weighted by molar-refractivity contribution is 8.22. The Bertz CT molecular complexity index is 215. The fraction of sp³-hybridized carbons (Fsp3) is 0.778. The second kappa shape index (κ2) is 6.24. The number of carbonyl (C=O) groups excluding carboxylic acids is 1. The average Bonchev–Trinajstić information content (AvgIpc) is 2.18. The van der Waals surface area contributed by atoms with Gasteiger partial charge in [-0.3, -0.25) is 0 Å². The molecule has 0 unspecified atom stereocenters. The Labute approximate surface area is 93.9 Å². The van der Waals surface area contributed by atoms with Crippen molar-refractivity contribution < 1.29 is 9.90 Å². The van der Waals surface area contributed by atoms with Gasteiger partial charge in [-0.25, -0.2) is 0 Å². The van der Waals surface area contributed by atoms with E-state index in [2.05, 4.69) is 4.90 Å². The van der Waals surface area contributed by atoms with Crippen molar-refractivity contribution in [1.29, 1.82) is 0 Å². The van der Waals surface area contributed by atoms with Gasteiger partial charge in [0.05, 0.1) is 0 Å². The van der Waals surface area contributed by atoms with Gasteiger partial charge in [0, 0.05) is 24.8 Å². The van der Waals surface area contributed by atoms with Crippen LogP contribution in [0.3, 0.4) is 0 Å². The highest BCUT2D eigenvalue weighted by atomic mass is 32.2. The Morgan fingerprint density at radius 1 is 1.36 bits per heavy atom. The number of carbonyl (C=O) groups is 1. The molecule has 0 aromatic rings. The first kappa shape index (κ1) is 11.8. The zero-order chi connectivity index (χ0) is 10.4. The van der Waals surface area contributed by atoms with Crippen molar-refractivity contribution in [2.24, 2.45) is 0 Å². The molecule has 0 N–H and O–H groups in total. The van der Waals surface area contributed by atoms with Crippen LogP contribution in [0.15, 0.2) is 0 Å². The highest BCUT2D eigenvalue weighted by Crippen LogP contribution is 2.16. The number of likely N-dealkylation sites (tertiary alicyclic amines) is 1. The van der Waals surface area contributed by atoms with Crippen LogP contribution < -0.4 is 5.11 Å². The first-order valence-corrected chi connectivity index (χ1v) is 6.21. The molecule has 0 atom stereocenters. The average molecular weight is 232 g/mol. The van der Waals surface area contributed by atoms with E-state index < -0.39 is 5.97 Å². The van der Waals surface area contributed by atoms with Gasteiger partial charge < -0.3 is 14.8 Å². The first-order chi connectivity index (χ1) is 6.70. The standard InChI is InChI=1S/C9H15NO2S2/c11-8(12)4-7-14-9(13)10-5-2-1-3-6-10/h1-7H2,(H,11,12)/p-1. The van der Waals surface area contributed by atoms with Crippen molar-refractivity contribution in [2.45, 2.75) is 25.7 Å². The molecular formula is C9H14NO2S2-. The van der Waals surface area contributed by atoms with Crippen LogP contribution in [0.1, 0.15) is 25.7 Å². The number of nitrogens with zero attached hydrogens (tertiary/aromatic N) is 1. The maximum atomic E-state index is 10.2. The zero-order valence-electron chi connectivity index (χ0n) is 8.03. The number of thiocarbonyl (C=S) groups is 1. The molecule has 1 fully saturated rings. The van der Waals surface area contributed by atoms with Gasteiger partial charge in [0.1, 0.15) is 4.32 Å². The summed E-state index contributed by atoms with van der Waals surface area (Å²) < 4.78 is 0.839. The minimum absolute atomic E-state index is 0.0820. The molecule has 0 bridgehead atoms. The van der Waals surface area contributed by atoms with Gasteiger partial charge in [0.25, 0.3) is 0 Å². The zero-order valence-corrected chi connectivity index (χ0v) is 9.66. The predicted octanol–water partition coefficient (Wildman–Crippen LogP) is 0.630. The smallest absolute Gasteiger partial charge is 0.136 e. The Kier molecular flexibility index (Phi) is 5.25. The van der Waals surface area contributed by atoms with Crippen LogP contribution in [-0.2, 0) is 4.79 Å². The number of thioether (sulfide) groups is 1. The molecule has 0 aromatic carbocycles. The molecule has 1 rings (SSSR count). The van der Waals surface area contributed by atoms with Crippen LogP contribution in [0.2, 0.25) is 0 Å². The van der Waals surface area contributed by atoms with Crippen LogP contribution in [0, 0.1) is 0 Å². The summed E-state index contributed by atoms with van der Waals surface area (Å²) in [6.45, 7) is 2.05. The van der Waals surface area contributed by atoms with Crippen LogP contribution in [0.25, 0.3) is 0 Å². The largest absolute Gasteiger partial charge is 0.550 e. The molecule has 0 aromatic heterocycles. The minimum Gasteiger partial charge on any atom is -0.550 e. The first-order valence-electron chi connectivity index (χ1n) is 4.81. The topological polar surface area (TPSA) is 43.4 Å². The Morgan fingerprint density at radius 3 is 2.57 bits per heavy atom. The van der Waals surface area contributed by atoms with Crippen molar-refractivity contribution in [3.8, 4) is 0 Å². The summed E-state index contributed by atoms with van der Waals surface area (Å²) in [5, 5.41) is 10.2. The third kappa shape index (κ3) is 4.28. The van der Waals surface area contributed by atoms with Gasteiger partial charge in [-0.05, 0) is 25.7 Å². The second-order valence-electron chi connectivity index (χ2n) is 3.28. The molecule has 0 saturated carbocycles. The summed E-state index contributed by atoms with van der Waals surface area (Å²) in [4.78, 5) is 12.3. The van der Waals surface area contributed by atoms with Gasteiger partial charge in [-0.1, -0.05) is 24.0 Å². The number of hydrogen-bond acceptors (Lipinski definition) is 4. The molecule has 0 aliphatic carbocycles. The van der Waals surface area contributed by atoms with Crippen LogP contribution in [0.5, 0.6) is 0 Å². The van der Waals surface area contributed by atoms with Crippen molar-refractivity contribution in [3.05, 3.63) is 0 Å². The van der Waals surface area contributed by atoms with E-state index in [9.17, 15) is 9.90 Å². The number of hydrogen-bond donors (Lipinski definition) is 0. The summed E-state index contributed by atoms with van der Waals surface area (Å²) in [7, 11) is 0. The van der Waals surface area contributed by atoms with E-state index in [1.807, 2.05) is 0 Å². The van der Waals surface area contributed by atoms with E-state index in [-0.39, 0.29) is 6.42 Å². The lowest BCUT2D eigenvalue weighted by Crippen LogP contribution is -2.33. The van der Waals surface area contributed by atoms with E-state index in [0.717, 1.165) is 17.4 Å². The fourth-order valence-electron chi connectivity index (χ4n) is 1.39. The van der Waals surface area contributed by atoms with E-state index in [0.29, 0.717) is 5.75 Å². The van der Waals surface area contributed by atoms with Gasteiger partial charge >= 0.3 is 0 Å². The number of carboxylic acid groups (broad SMARTS) is 1. The van der Waals surface area contributed by atoms with E-state index in [1.165, 1.54) is 31.0 Å². The van der Waals surface area contributed by atoms with Crippen LogP contribution >= 0.6 is 24.0 Å². The monoisotopic (exact) mass is 232 g/mol. The maximum absolute atomic E-state index is 10.2. The van der Waals surface area contributed by atoms with Crippen molar-refractivity contribution in [2.75, 3.05) is 18.8 Å². The molecule has 1 aliphatic heterocycles. The maximum Gasteiger partial charge on any atom is 0.136 e. The third-order valence-electron chi connectivity index (χ3n) is 2.15. The van der Waals surface area contributed by atoms with E-state index in [1.54, 1.807) is 0 Å². The molecule has 14 heavy (non-hydrogen) atoms. The number of rotatable bonds is 3. The van der Waals surface area contributed by atoms with Gasteiger partial charge in [-0.15, -0.1) is 0 Å². The SMILES string of the molecule is O=C([O-])CCSC(=S)N1CCCCC1. The molecule has 80 valence electrons. The summed E-state index contributed by atoms with van der Waals surface area (Å²) in [6, 6.07) is 0.